The molecule has 1 saturated carbocycles. The minimum absolute atomic E-state index is 0.0419. The van der Waals surface area contributed by atoms with E-state index in [4.69, 9.17) is 18.3 Å². The number of hydrogen-bond acceptors (Lipinski definition) is 7. The third-order valence-electron chi connectivity index (χ3n) is 5.56. The van der Waals surface area contributed by atoms with Crippen molar-refractivity contribution in [1.29, 1.82) is 0 Å². The van der Waals surface area contributed by atoms with Crippen molar-refractivity contribution < 1.29 is 23.1 Å². The number of nitrogens with one attached hydrogen (secondary N) is 1. The van der Waals surface area contributed by atoms with Gasteiger partial charge in [-0.15, -0.1) is 5.10 Å². The quantitative estimate of drug-likeness (QED) is 0.687. The molecule has 3 aromatic rings. The molecule has 0 unspecified atom stereocenters. The van der Waals surface area contributed by atoms with Crippen LogP contribution < -0.4 is 20.5 Å². The van der Waals surface area contributed by atoms with Crippen LogP contribution in [0.3, 0.4) is 0 Å². The second-order valence-electron chi connectivity index (χ2n) is 7.50. The Hall–Kier alpha value is -3.49. The van der Waals surface area contributed by atoms with E-state index in [1.807, 2.05) is 18.2 Å². The maximum atomic E-state index is 12.9. The number of furan rings is 1. The normalized spacial score (nSPS) is 17.1. The van der Waals surface area contributed by atoms with Crippen molar-refractivity contribution >= 4 is 5.91 Å². The molecule has 0 saturated heterocycles. The SMILES string of the molecule is O=C(Cn1nc(-c2ccco2)oc1=O)NC1(c2ccc3c(c2)OCCO3)CCCC1. The lowest BCUT2D eigenvalue weighted by Crippen LogP contribution is -2.46. The number of ether oxygens (including phenoxy) is 2. The van der Waals surface area contributed by atoms with Crippen LogP contribution in [-0.2, 0) is 16.9 Å². The van der Waals surface area contributed by atoms with Crippen LogP contribution in [0.2, 0.25) is 0 Å². The summed E-state index contributed by atoms with van der Waals surface area (Å²) in [5.41, 5.74) is 0.464. The molecule has 5 rings (SSSR count). The van der Waals surface area contributed by atoms with E-state index in [-0.39, 0.29) is 18.3 Å². The number of amides is 1. The summed E-state index contributed by atoms with van der Waals surface area (Å²) in [5.74, 6) is 0.749. The molecule has 0 radical (unpaired) electrons. The fourth-order valence-electron chi connectivity index (χ4n) is 4.15. The van der Waals surface area contributed by atoms with E-state index < -0.39 is 11.3 Å². The third kappa shape index (κ3) is 3.36. The Balaban J connectivity index is 1.37. The molecule has 9 heteroatoms. The van der Waals surface area contributed by atoms with E-state index >= 15 is 0 Å². The minimum atomic E-state index is -0.712. The molecular formula is C21H21N3O6. The second kappa shape index (κ2) is 7.40. The van der Waals surface area contributed by atoms with Gasteiger partial charge in [-0.3, -0.25) is 4.79 Å². The molecule has 1 aliphatic heterocycles. The molecule has 1 fully saturated rings. The summed E-state index contributed by atoms with van der Waals surface area (Å²) in [6, 6.07) is 9.09. The summed E-state index contributed by atoms with van der Waals surface area (Å²) in [7, 11) is 0. The van der Waals surface area contributed by atoms with Crippen LogP contribution in [0.25, 0.3) is 11.7 Å². The highest BCUT2D eigenvalue weighted by atomic mass is 16.6. The average Bonchev–Trinajstić information content (AvgIpc) is 3.50. The van der Waals surface area contributed by atoms with Gasteiger partial charge in [-0.05, 0) is 42.7 Å². The monoisotopic (exact) mass is 411 g/mol. The van der Waals surface area contributed by atoms with Gasteiger partial charge in [0.2, 0.25) is 5.91 Å². The molecule has 2 aliphatic rings. The van der Waals surface area contributed by atoms with Crippen LogP contribution in [0.5, 0.6) is 11.5 Å². The van der Waals surface area contributed by atoms with Gasteiger partial charge in [0, 0.05) is 0 Å². The maximum absolute atomic E-state index is 12.9. The summed E-state index contributed by atoms with van der Waals surface area (Å²) in [4.78, 5) is 25.0. The molecule has 0 spiro atoms. The van der Waals surface area contributed by atoms with Gasteiger partial charge in [-0.2, -0.15) is 4.68 Å². The maximum Gasteiger partial charge on any atom is 0.437 e. The van der Waals surface area contributed by atoms with Gasteiger partial charge in [0.25, 0.3) is 5.89 Å². The first-order valence-corrected chi connectivity index (χ1v) is 9.96. The van der Waals surface area contributed by atoms with Gasteiger partial charge in [0.05, 0.1) is 11.8 Å². The number of rotatable bonds is 5. The number of benzene rings is 1. The van der Waals surface area contributed by atoms with Crippen LogP contribution in [-0.4, -0.2) is 28.9 Å². The highest BCUT2D eigenvalue weighted by molar-refractivity contribution is 5.77. The predicted molar refractivity (Wildman–Crippen MR) is 104 cm³/mol. The second-order valence-corrected chi connectivity index (χ2v) is 7.50. The summed E-state index contributed by atoms with van der Waals surface area (Å²) in [5, 5.41) is 7.20. The molecule has 0 atom stereocenters. The van der Waals surface area contributed by atoms with Crippen molar-refractivity contribution in [3.8, 4) is 23.1 Å². The van der Waals surface area contributed by atoms with Gasteiger partial charge in [-0.1, -0.05) is 18.9 Å². The first kappa shape index (κ1) is 18.5. The van der Waals surface area contributed by atoms with Crippen molar-refractivity contribution in [2.45, 2.75) is 37.8 Å². The summed E-state index contributed by atoms with van der Waals surface area (Å²) in [6.07, 6.45) is 5.08. The first-order chi connectivity index (χ1) is 14.6. The van der Waals surface area contributed by atoms with Crippen LogP contribution in [0.1, 0.15) is 31.2 Å². The smallest absolute Gasteiger partial charge is 0.437 e. The first-order valence-electron chi connectivity index (χ1n) is 9.96. The number of carbonyl (C=O) groups excluding carboxylic acids is 1. The van der Waals surface area contributed by atoms with Gasteiger partial charge < -0.3 is 23.6 Å². The highest BCUT2D eigenvalue weighted by Crippen LogP contribution is 2.42. The molecular weight excluding hydrogens is 390 g/mol. The molecule has 1 N–H and O–H groups in total. The molecule has 30 heavy (non-hydrogen) atoms. The fourth-order valence-corrected chi connectivity index (χ4v) is 4.15. The zero-order valence-electron chi connectivity index (χ0n) is 16.3. The average molecular weight is 411 g/mol. The van der Waals surface area contributed by atoms with Gasteiger partial charge in [0.15, 0.2) is 17.3 Å². The lowest BCUT2D eigenvalue weighted by molar-refractivity contribution is -0.124. The van der Waals surface area contributed by atoms with Crippen molar-refractivity contribution in [2.24, 2.45) is 0 Å². The molecule has 3 heterocycles. The van der Waals surface area contributed by atoms with E-state index in [0.29, 0.717) is 30.5 Å². The lowest BCUT2D eigenvalue weighted by atomic mass is 9.87. The standard InChI is InChI=1S/C21H21N3O6/c25-18(13-24-20(26)30-19(23-24)16-4-3-9-27-16)22-21(7-1-2-8-21)14-5-6-15-17(12-14)29-11-10-28-15/h3-6,9,12H,1-2,7-8,10-11,13H2,(H,22,25). The van der Waals surface area contributed by atoms with Gasteiger partial charge >= 0.3 is 5.76 Å². The molecule has 156 valence electrons. The van der Waals surface area contributed by atoms with E-state index in [0.717, 1.165) is 35.9 Å². The third-order valence-corrected chi connectivity index (χ3v) is 5.56. The zero-order chi connectivity index (χ0) is 20.6. The Morgan fingerprint density at radius 1 is 1.13 bits per heavy atom. The zero-order valence-corrected chi connectivity index (χ0v) is 16.3. The van der Waals surface area contributed by atoms with Crippen molar-refractivity contribution in [2.75, 3.05) is 13.2 Å². The molecule has 2 aromatic heterocycles. The van der Waals surface area contributed by atoms with Crippen LogP contribution in [0.4, 0.5) is 0 Å². The lowest BCUT2D eigenvalue weighted by Gasteiger charge is -2.32. The predicted octanol–water partition coefficient (Wildman–Crippen LogP) is 2.45. The molecule has 1 aliphatic carbocycles. The number of fused-ring (bicyclic) bond motifs is 1. The number of carbonyl (C=O) groups is 1. The topological polar surface area (TPSA) is 109 Å². The van der Waals surface area contributed by atoms with E-state index in [1.165, 1.54) is 6.26 Å². The molecule has 9 nitrogen and oxygen atoms in total. The van der Waals surface area contributed by atoms with Crippen LogP contribution in [0.15, 0.2) is 50.2 Å². The number of hydrogen-bond donors (Lipinski definition) is 1. The Bertz CT molecular complexity index is 1110. The molecule has 1 aromatic carbocycles. The Morgan fingerprint density at radius 2 is 1.93 bits per heavy atom. The molecule has 0 bridgehead atoms. The summed E-state index contributed by atoms with van der Waals surface area (Å²) >= 11 is 0. The van der Waals surface area contributed by atoms with Crippen molar-refractivity contribution in [3.63, 3.8) is 0 Å². The summed E-state index contributed by atoms with van der Waals surface area (Å²) in [6.45, 7) is 0.791. The van der Waals surface area contributed by atoms with E-state index in [2.05, 4.69) is 10.4 Å². The van der Waals surface area contributed by atoms with Crippen molar-refractivity contribution in [1.82, 2.24) is 15.1 Å². The minimum Gasteiger partial charge on any atom is -0.486 e. The Labute approximate surface area is 171 Å². The Morgan fingerprint density at radius 3 is 2.70 bits per heavy atom. The Kier molecular flexibility index (Phi) is 4.57. The van der Waals surface area contributed by atoms with E-state index in [1.54, 1.807) is 12.1 Å². The van der Waals surface area contributed by atoms with Crippen LogP contribution in [0, 0.1) is 0 Å². The summed E-state index contributed by atoms with van der Waals surface area (Å²) < 4.78 is 22.6. The van der Waals surface area contributed by atoms with Gasteiger partial charge in [0.1, 0.15) is 19.8 Å². The largest absolute Gasteiger partial charge is 0.486 e. The highest BCUT2D eigenvalue weighted by Gasteiger charge is 2.38. The molecule has 1 amide bonds. The number of aromatic nitrogens is 2. The van der Waals surface area contributed by atoms with Crippen molar-refractivity contribution in [3.05, 3.63) is 52.7 Å². The number of nitrogens with zero attached hydrogens (tertiary/aromatic N) is 2. The fraction of sp³-hybridized carbons (Fsp3) is 0.381. The van der Waals surface area contributed by atoms with Gasteiger partial charge in [-0.25, -0.2) is 4.79 Å². The van der Waals surface area contributed by atoms with Crippen LogP contribution >= 0.6 is 0 Å². The van der Waals surface area contributed by atoms with E-state index in [9.17, 15) is 9.59 Å².